The number of hydrogen-bond donors (Lipinski definition) is 2. The predicted octanol–water partition coefficient (Wildman–Crippen LogP) is 2.36. The normalized spacial score (nSPS) is 19.7. The van der Waals surface area contributed by atoms with Crippen molar-refractivity contribution in [1.29, 1.82) is 0 Å². The Hall–Kier alpha value is -2.38. The maximum absolute atomic E-state index is 10.5. The first-order valence-electron chi connectivity index (χ1n) is 8.27. The zero-order valence-corrected chi connectivity index (χ0v) is 15.8. The van der Waals surface area contributed by atoms with Gasteiger partial charge in [-0.05, 0) is 41.3 Å². The highest BCUT2D eigenvalue weighted by atomic mass is 27.1. The molecule has 0 saturated carbocycles. The van der Waals surface area contributed by atoms with Crippen LogP contribution in [0.2, 0.25) is 0 Å². The molecule has 4 rings (SSSR count). The minimum atomic E-state index is -0.760. The first kappa shape index (κ1) is 17.1. The van der Waals surface area contributed by atoms with E-state index < -0.39 is 5.66 Å². The topological polar surface area (TPSA) is 64.3 Å². The smallest absolute Gasteiger partial charge is 0.482 e. The van der Waals surface area contributed by atoms with Crippen molar-refractivity contribution in [2.75, 3.05) is 20.8 Å². The summed E-state index contributed by atoms with van der Waals surface area (Å²) in [6, 6.07) is 5.57. The van der Waals surface area contributed by atoms with E-state index in [0.717, 1.165) is 40.8 Å². The molecule has 2 N–H and O–H groups in total. The second-order valence-corrected chi connectivity index (χ2v) is 6.69. The van der Waals surface area contributed by atoms with Gasteiger partial charge < -0.3 is 18.4 Å². The molecule has 2 radical (unpaired) electrons. The van der Waals surface area contributed by atoms with E-state index in [2.05, 4.69) is 26.8 Å². The lowest BCUT2D eigenvalue weighted by Gasteiger charge is -2.35. The van der Waals surface area contributed by atoms with Crippen molar-refractivity contribution in [3.63, 3.8) is 0 Å². The van der Waals surface area contributed by atoms with Crippen LogP contribution in [0.3, 0.4) is 0 Å². The van der Waals surface area contributed by atoms with Crippen molar-refractivity contribution in [3.8, 4) is 40.7 Å². The van der Waals surface area contributed by atoms with Crippen LogP contribution in [-0.4, -0.2) is 42.5 Å². The summed E-state index contributed by atoms with van der Waals surface area (Å²) in [5, 5.41) is 14.0. The van der Waals surface area contributed by atoms with Gasteiger partial charge >= 0.3 is 22.3 Å². The molecule has 130 valence electrons. The van der Waals surface area contributed by atoms with Crippen LogP contribution in [0.4, 0.5) is 0 Å². The first-order valence-corrected chi connectivity index (χ1v) is 8.74. The van der Waals surface area contributed by atoms with Crippen LogP contribution >= 0.6 is 0 Å². The van der Waals surface area contributed by atoms with Crippen LogP contribution in [0.15, 0.2) is 18.2 Å². The van der Waals surface area contributed by atoms with Gasteiger partial charge in [0.15, 0.2) is 17.2 Å². The average Bonchev–Trinajstić information content (AvgIpc) is 2.66. The van der Waals surface area contributed by atoms with Crippen molar-refractivity contribution in [1.82, 2.24) is 5.32 Å². The molecule has 2 aliphatic rings. The van der Waals surface area contributed by atoms with Gasteiger partial charge in [-0.15, -0.1) is 0 Å². The quantitative estimate of drug-likeness (QED) is 0.818. The van der Waals surface area contributed by atoms with Gasteiger partial charge in [0, 0.05) is 12.1 Å². The molecule has 26 heavy (non-hydrogen) atoms. The summed E-state index contributed by atoms with van der Waals surface area (Å²) < 4.78 is 16.4. The lowest BCUT2D eigenvalue weighted by Crippen LogP contribution is -2.48. The van der Waals surface area contributed by atoms with Gasteiger partial charge in [0.2, 0.25) is 0 Å². The van der Waals surface area contributed by atoms with Crippen LogP contribution < -0.4 is 18.6 Å². The standard InChI is InChI=1S/C19H18N2O4.Al/c1-20-19-9-11-7-13(22)15(24-2)8-12(11)16-17(19)10(4-5-21-19)6-14(23)18(16)25-3;/h1,6-8,21H,4-5,9H2,2-3H3,(H-,22,23);/q;+1/t19-;/m0./s1. The molecule has 7 heteroatoms. The predicted molar refractivity (Wildman–Crippen MR) is 98.4 cm³/mol. The first-order chi connectivity index (χ1) is 12.6. The van der Waals surface area contributed by atoms with Gasteiger partial charge in [-0.1, -0.05) is 4.85 Å². The molecule has 2 aromatic rings. The maximum atomic E-state index is 10.5. The number of ether oxygens (including phenoxy) is 2. The third-order valence-corrected chi connectivity index (χ3v) is 5.48. The fraction of sp³-hybridized carbons (Fsp3) is 0.316. The minimum absolute atomic E-state index is 0.104. The monoisotopic (exact) mass is 365 g/mol. The Morgan fingerprint density at radius 1 is 1.19 bits per heavy atom. The van der Waals surface area contributed by atoms with Crippen LogP contribution in [-0.2, 0) is 18.5 Å². The van der Waals surface area contributed by atoms with Crippen molar-refractivity contribution >= 4 is 16.6 Å². The second-order valence-electron chi connectivity index (χ2n) is 6.46. The largest absolute Gasteiger partial charge is 0.651 e. The minimum Gasteiger partial charge on any atom is -0.651 e. The molecule has 0 fully saturated rings. The summed E-state index contributed by atoms with van der Waals surface area (Å²) in [7, 11) is 3.13. The van der Waals surface area contributed by atoms with E-state index in [-0.39, 0.29) is 5.75 Å². The third-order valence-electron chi connectivity index (χ3n) is 5.22. The molecule has 0 amide bonds. The summed E-state index contributed by atoms with van der Waals surface area (Å²) in [4.78, 5) is 4.23. The molecule has 1 heterocycles. The van der Waals surface area contributed by atoms with Gasteiger partial charge in [0.25, 0.3) is 6.57 Å². The molecule has 0 aromatic heterocycles. The van der Waals surface area contributed by atoms with Gasteiger partial charge in [0.05, 0.1) is 26.2 Å². The number of nitrogens with one attached hydrogen (secondary N) is 1. The van der Waals surface area contributed by atoms with E-state index in [9.17, 15) is 5.11 Å². The number of phenolic OH excluding ortho intramolecular Hbond substituents is 1. The zero-order chi connectivity index (χ0) is 18.5. The third kappa shape index (κ3) is 2.20. The van der Waals surface area contributed by atoms with Gasteiger partial charge in [-0.25, -0.2) is 5.32 Å². The molecule has 2 aromatic carbocycles. The SMILES string of the molecule is C#[N+][C@]12Cc3cc([O][Al])c(OC)cc3-c3c(OC)c(O)cc(c31)CCN2. The van der Waals surface area contributed by atoms with Crippen LogP contribution in [0.1, 0.15) is 16.7 Å². The maximum Gasteiger partial charge on any atom is 0.482 e. The number of rotatable bonds is 3. The molecule has 0 bridgehead atoms. The summed E-state index contributed by atoms with van der Waals surface area (Å²) in [6.45, 7) is 6.60. The van der Waals surface area contributed by atoms with E-state index in [1.54, 1.807) is 20.3 Å². The molecule has 1 atom stereocenters. The van der Waals surface area contributed by atoms with Crippen LogP contribution in [0, 0.1) is 6.57 Å². The number of nitrogens with zero attached hydrogens (tertiary/aromatic N) is 1. The van der Waals surface area contributed by atoms with E-state index >= 15 is 0 Å². The van der Waals surface area contributed by atoms with E-state index in [1.165, 1.54) is 0 Å². The highest BCUT2D eigenvalue weighted by molar-refractivity contribution is 6.00. The highest BCUT2D eigenvalue weighted by Crippen LogP contribution is 2.54. The summed E-state index contributed by atoms with van der Waals surface area (Å²) in [5.41, 5.74) is 3.90. The lowest BCUT2D eigenvalue weighted by atomic mass is 9.73. The van der Waals surface area contributed by atoms with Crippen LogP contribution in [0.5, 0.6) is 23.0 Å². The summed E-state index contributed by atoms with van der Waals surface area (Å²) >= 11 is 2.24. The molecular weight excluding hydrogens is 347 g/mol. The van der Waals surface area contributed by atoms with Gasteiger partial charge in [-0.3, -0.25) is 0 Å². The molecule has 1 aliphatic carbocycles. The fourth-order valence-electron chi connectivity index (χ4n) is 4.15. The number of methoxy groups -OCH3 is 2. The van der Waals surface area contributed by atoms with E-state index in [1.807, 2.05) is 12.1 Å². The second kappa shape index (κ2) is 6.11. The molecule has 0 saturated heterocycles. The summed E-state index contributed by atoms with van der Waals surface area (Å²) in [5.74, 6) is 1.70. The molecule has 0 unspecified atom stereocenters. The number of phenols is 1. The molecule has 0 spiro atoms. The van der Waals surface area contributed by atoms with Crippen molar-refractivity contribution < 1.29 is 18.4 Å². The highest BCUT2D eigenvalue weighted by Gasteiger charge is 2.53. The molecule has 1 aliphatic heterocycles. The number of aromatic hydroxyl groups is 1. The Morgan fingerprint density at radius 3 is 2.65 bits per heavy atom. The van der Waals surface area contributed by atoms with Crippen molar-refractivity contribution in [3.05, 3.63) is 39.7 Å². The van der Waals surface area contributed by atoms with E-state index in [4.69, 9.17) is 19.8 Å². The lowest BCUT2D eigenvalue weighted by molar-refractivity contribution is 0.356. The van der Waals surface area contributed by atoms with Gasteiger partial charge in [-0.2, -0.15) is 0 Å². The number of fused-ring (bicyclic) bond motifs is 2. The Labute approximate surface area is 160 Å². The van der Waals surface area contributed by atoms with Gasteiger partial charge in [0.1, 0.15) is 5.75 Å². The summed E-state index contributed by atoms with van der Waals surface area (Å²) in [6.07, 6.45) is 1.34. The zero-order valence-electron chi connectivity index (χ0n) is 14.6. The fourth-order valence-corrected chi connectivity index (χ4v) is 4.33. The van der Waals surface area contributed by atoms with Crippen molar-refractivity contribution in [2.24, 2.45) is 0 Å². The Kier molecular flexibility index (Phi) is 4.01. The molecular formula is C19H18AlN2O4+. The Balaban J connectivity index is 2.13. The van der Waals surface area contributed by atoms with Crippen molar-refractivity contribution in [2.45, 2.75) is 18.5 Å². The van der Waals surface area contributed by atoms with E-state index in [0.29, 0.717) is 23.7 Å². The Bertz CT molecular complexity index is 954. The average molecular weight is 365 g/mol. The Morgan fingerprint density at radius 2 is 2.00 bits per heavy atom. The molecule has 6 nitrogen and oxygen atoms in total. The van der Waals surface area contributed by atoms with Crippen LogP contribution in [0.25, 0.3) is 16.0 Å². The number of benzene rings is 2. The number of hydrogen-bond acceptors (Lipinski definition) is 5.